The standard InChI is InChI=1S/C11H20N2/c1-8(2)13-5-10-3-9-4-12-6-11(9,10)7-13/h8-10,12H,3-7H2,1-2H3. The molecule has 3 unspecified atom stereocenters. The Labute approximate surface area is 80.7 Å². The van der Waals surface area contributed by atoms with E-state index in [0.717, 1.165) is 17.9 Å². The van der Waals surface area contributed by atoms with Crippen LogP contribution in [-0.2, 0) is 0 Å². The van der Waals surface area contributed by atoms with Crippen LogP contribution in [0.2, 0.25) is 0 Å². The molecule has 13 heavy (non-hydrogen) atoms. The molecule has 74 valence electrons. The van der Waals surface area contributed by atoms with Crippen molar-refractivity contribution in [3.05, 3.63) is 0 Å². The average molecular weight is 180 g/mol. The van der Waals surface area contributed by atoms with Gasteiger partial charge in [-0.15, -0.1) is 0 Å². The van der Waals surface area contributed by atoms with Gasteiger partial charge in [-0.2, -0.15) is 0 Å². The van der Waals surface area contributed by atoms with Gasteiger partial charge >= 0.3 is 0 Å². The molecule has 1 saturated carbocycles. The molecule has 2 aliphatic heterocycles. The van der Waals surface area contributed by atoms with Crippen LogP contribution >= 0.6 is 0 Å². The van der Waals surface area contributed by atoms with Crippen LogP contribution in [-0.4, -0.2) is 37.1 Å². The molecule has 0 aromatic rings. The van der Waals surface area contributed by atoms with Gasteiger partial charge in [-0.3, -0.25) is 0 Å². The maximum atomic E-state index is 3.58. The molecule has 2 heteroatoms. The van der Waals surface area contributed by atoms with Gasteiger partial charge in [0.05, 0.1) is 0 Å². The zero-order valence-electron chi connectivity index (χ0n) is 8.71. The Hall–Kier alpha value is -0.0800. The van der Waals surface area contributed by atoms with E-state index in [2.05, 4.69) is 24.1 Å². The van der Waals surface area contributed by atoms with Gasteiger partial charge in [0.1, 0.15) is 0 Å². The molecule has 3 aliphatic rings. The van der Waals surface area contributed by atoms with Crippen molar-refractivity contribution in [2.24, 2.45) is 17.3 Å². The predicted octanol–water partition coefficient (Wildman–Crippen LogP) is 0.936. The number of hydrogen-bond donors (Lipinski definition) is 1. The molecule has 0 aromatic heterocycles. The molecule has 1 spiro atoms. The van der Waals surface area contributed by atoms with E-state index < -0.39 is 0 Å². The van der Waals surface area contributed by atoms with Gasteiger partial charge < -0.3 is 10.2 Å². The Morgan fingerprint density at radius 1 is 1.38 bits per heavy atom. The maximum absolute atomic E-state index is 3.58. The van der Waals surface area contributed by atoms with Gasteiger partial charge in [-0.25, -0.2) is 0 Å². The van der Waals surface area contributed by atoms with Gasteiger partial charge in [-0.1, -0.05) is 0 Å². The average Bonchev–Trinajstić information content (AvgIpc) is 2.54. The monoisotopic (exact) mass is 180 g/mol. The smallest absolute Gasteiger partial charge is 0.00593 e. The summed E-state index contributed by atoms with van der Waals surface area (Å²) in [5.41, 5.74) is 0.713. The quantitative estimate of drug-likeness (QED) is 0.646. The highest BCUT2D eigenvalue weighted by Gasteiger charge is 2.61. The van der Waals surface area contributed by atoms with Gasteiger partial charge in [0, 0.05) is 31.1 Å². The number of likely N-dealkylation sites (tertiary alicyclic amines) is 1. The summed E-state index contributed by atoms with van der Waals surface area (Å²) in [6.45, 7) is 9.99. The second-order valence-electron chi connectivity index (χ2n) is 5.52. The molecule has 1 aliphatic carbocycles. The maximum Gasteiger partial charge on any atom is 0.00593 e. The minimum Gasteiger partial charge on any atom is -0.316 e. The van der Waals surface area contributed by atoms with Crippen molar-refractivity contribution < 1.29 is 0 Å². The summed E-state index contributed by atoms with van der Waals surface area (Å²) >= 11 is 0. The first kappa shape index (κ1) is 8.25. The third-order valence-corrected chi connectivity index (χ3v) is 4.72. The molecule has 2 nitrogen and oxygen atoms in total. The van der Waals surface area contributed by atoms with E-state index in [-0.39, 0.29) is 0 Å². The number of nitrogens with zero attached hydrogens (tertiary/aromatic N) is 1. The van der Waals surface area contributed by atoms with Gasteiger partial charge in [-0.05, 0) is 38.6 Å². The minimum absolute atomic E-state index is 0.713. The van der Waals surface area contributed by atoms with Crippen molar-refractivity contribution in [2.45, 2.75) is 26.3 Å². The van der Waals surface area contributed by atoms with Crippen molar-refractivity contribution in [2.75, 3.05) is 26.2 Å². The first-order valence-corrected chi connectivity index (χ1v) is 5.67. The highest BCUT2D eigenvalue weighted by molar-refractivity contribution is 5.13. The Morgan fingerprint density at radius 3 is 2.92 bits per heavy atom. The van der Waals surface area contributed by atoms with Crippen molar-refractivity contribution in [3.8, 4) is 0 Å². The number of rotatable bonds is 1. The second kappa shape index (κ2) is 2.48. The third kappa shape index (κ3) is 0.909. The summed E-state index contributed by atoms with van der Waals surface area (Å²) in [5, 5.41) is 3.58. The molecule has 0 aromatic carbocycles. The fourth-order valence-corrected chi connectivity index (χ4v) is 3.73. The highest BCUT2D eigenvalue weighted by atomic mass is 15.2. The molecule has 3 fully saturated rings. The van der Waals surface area contributed by atoms with E-state index in [1.807, 2.05) is 0 Å². The molecule has 3 rings (SSSR count). The van der Waals surface area contributed by atoms with E-state index in [4.69, 9.17) is 0 Å². The van der Waals surface area contributed by atoms with Gasteiger partial charge in [0.25, 0.3) is 0 Å². The van der Waals surface area contributed by atoms with Crippen LogP contribution in [0.1, 0.15) is 20.3 Å². The Morgan fingerprint density at radius 2 is 2.23 bits per heavy atom. The van der Waals surface area contributed by atoms with Crippen LogP contribution in [0.4, 0.5) is 0 Å². The Balaban J connectivity index is 1.80. The van der Waals surface area contributed by atoms with Crippen LogP contribution in [0, 0.1) is 17.3 Å². The first-order chi connectivity index (χ1) is 6.22. The minimum atomic E-state index is 0.713. The lowest BCUT2D eigenvalue weighted by molar-refractivity contribution is 0.0393. The van der Waals surface area contributed by atoms with Crippen molar-refractivity contribution in [1.29, 1.82) is 0 Å². The molecule has 1 N–H and O–H groups in total. The van der Waals surface area contributed by atoms with Gasteiger partial charge in [0.2, 0.25) is 0 Å². The molecule has 2 heterocycles. The normalized spacial score (nSPS) is 49.2. The summed E-state index contributed by atoms with van der Waals surface area (Å²) in [6, 6.07) is 0.751. The highest BCUT2D eigenvalue weighted by Crippen LogP contribution is 2.58. The zero-order chi connectivity index (χ0) is 9.05. The molecular weight excluding hydrogens is 160 g/mol. The lowest BCUT2D eigenvalue weighted by atomic mass is 9.56. The Bertz CT molecular complexity index is 226. The SMILES string of the molecule is CC(C)N1CC2CC3CNCC32C1. The summed E-state index contributed by atoms with van der Waals surface area (Å²) in [4.78, 5) is 2.68. The molecule has 3 atom stereocenters. The van der Waals surface area contributed by atoms with E-state index in [1.165, 1.54) is 32.6 Å². The third-order valence-electron chi connectivity index (χ3n) is 4.72. The van der Waals surface area contributed by atoms with Crippen molar-refractivity contribution in [1.82, 2.24) is 10.2 Å². The van der Waals surface area contributed by atoms with Crippen molar-refractivity contribution >= 4 is 0 Å². The second-order valence-corrected chi connectivity index (χ2v) is 5.52. The van der Waals surface area contributed by atoms with Crippen LogP contribution in [0.25, 0.3) is 0 Å². The molecular formula is C11H20N2. The summed E-state index contributed by atoms with van der Waals surface area (Å²) in [7, 11) is 0. The fourth-order valence-electron chi connectivity index (χ4n) is 3.73. The summed E-state index contributed by atoms with van der Waals surface area (Å²) in [6.07, 6.45) is 1.50. The first-order valence-electron chi connectivity index (χ1n) is 5.67. The van der Waals surface area contributed by atoms with Crippen LogP contribution < -0.4 is 5.32 Å². The number of nitrogens with one attached hydrogen (secondary N) is 1. The van der Waals surface area contributed by atoms with E-state index in [0.29, 0.717) is 5.41 Å². The fraction of sp³-hybridized carbons (Fsp3) is 1.00. The zero-order valence-corrected chi connectivity index (χ0v) is 8.71. The predicted molar refractivity (Wildman–Crippen MR) is 53.6 cm³/mol. The van der Waals surface area contributed by atoms with Crippen LogP contribution in [0.3, 0.4) is 0 Å². The van der Waals surface area contributed by atoms with E-state index in [9.17, 15) is 0 Å². The van der Waals surface area contributed by atoms with Crippen LogP contribution in [0.15, 0.2) is 0 Å². The lowest BCUT2D eigenvalue weighted by Gasteiger charge is -2.46. The molecule has 2 saturated heterocycles. The number of hydrogen-bond acceptors (Lipinski definition) is 2. The van der Waals surface area contributed by atoms with Gasteiger partial charge in [0.15, 0.2) is 0 Å². The molecule has 0 bridgehead atoms. The summed E-state index contributed by atoms with van der Waals surface area (Å²) < 4.78 is 0. The van der Waals surface area contributed by atoms with E-state index in [1.54, 1.807) is 0 Å². The lowest BCUT2D eigenvalue weighted by Crippen LogP contribution is -2.48. The molecule has 0 radical (unpaired) electrons. The largest absolute Gasteiger partial charge is 0.316 e. The van der Waals surface area contributed by atoms with E-state index >= 15 is 0 Å². The summed E-state index contributed by atoms with van der Waals surface area (Å²) in [5.74, 6) is 2.04. The van der Waals surface area contributed by atoms with Crippen molar-refractivity contribution in [3.63, 3.8) is 0 Å². The molecule has 0 amide bonds. The Kier molecular flexibility index (Phi) is 1.58. The topological polar surface area (TPSA) is 15.3 Å². The van der Waals surface area contributed by atoms with Crippen LogP contribution in [0.5, 0.6) is 0 Å².